The Balaban J connectivity index is 0.00000226. The Morgan fingerprint density at radius 1 is 1.22 bits per heavy atom. The number of hydrogen-bond acceptors (Lipinski definition) is 9. The number of benzene rings is 1. The summed E-state index contributed by atoms with van der Waals surface area (Å²) in [6.07, 6.45) is 5.96. The van der Waals surface area contributed by atoms with Crippen molar-refractivity contribution in [2.45, 2.75) is 77.9 Å². The Morgan fingerprint density at radius 3 is 2.41 bits per heavy atom. The molecule has 0 bridgehead atoms. The summed E-state index contributed by atoms with van der Waals surface area (Å²) < 4.78 is 0. The SMILES string of the molecule is CO.Cc1ncsc1-c1ccc(C(CC=O)NC(=O)C2CCCN2C(=O)C(N(N)/C=C(\N)C2CC2)C(C)(C)C)cc1. The van der Waals surface area contributed by atoms with Gasteiger partial charge in [-0.25, -0.2) is 10.8 Å². The molecule has 2 fully saturated rings. The van der Waals surface area contributed by atoms with Crippen LogP contribution in [0.5, 0.6) is 0 Å². The Morgan fingerprint density at radius 2 is 1.88 bits per heavy atom. The molecule has 2 amide bonds. The lowest BCUT2D eigenvalue weighted by Crippen LogP contribution is -2.58. The van der Waals surface area contributed by atoms with Crippen molar-refractivity contribution >= 4 is 29.4 Å². The van der Waals surface area contributed by atoms with Gasteiger partial charge in [0.15, 0.2) is 0 Å². The highest BCUT2D eigenvalue weighted by atomic mass is 32.1. The summed E-state index contributed by atoms with van der Waals surface area (Å²) in [5, 5.41) is 11.5. The monoisotopic (exact) mass is 584 g/mol. The molecule has 1 saturated carbocycles. The van der Waals surface area contributed by atoms with Gasteiger partial charge in [-0.1, -0.05) is 45.0 Å². The first-order chi connectivity index (χ1) is 19.5. The Labute approximate surface area is 246 Å². The number of nitrogens with one attached hydrogen (secondary N) is 1. The zero-order chi connectivity index (χ0) is 30.3. The number of aliphatic hydroxyl groups is 1. The highest BCUT2D eigenvalue weighted by Gasteiger charge is 2.43. The van der Waals surface area contributed by atoms with Gasteiger partial charge >= 0.3 is 0 Å². The molecule has 1 aliphatic heterocycles. The number of hydrazine groups is 1. The number of hydrogen-bond donors (Lipinski definition) is 4. The summed E-state index contributed by atoms with van der Waals surface area (Å²) in [6, 6.07) is 6.02. The summed E-state index contributed by atoms with van der Waals surface area (Å²) in [6.45, 7) is 8.31. The quantitative estimate of drug-likeness (QED) is 0.188. The van der Waals surface area contributed by atoms with E-state index in [4.69, 9.17) is 16.7 Å². The van der Waals surface area contributed by atoms with Gasteiger partial charge in [0, 0.05) is 37.9 Å². The lowest BCUT2D eigenvalue weighted by molar-refractivity contribution is -0.145. The summed E-state index contributed by atoms with van der Waals surface area (Å²) in [5.74, 6) is 6.27. The number of nitrogens with zero attached hydrogens (tertiary/aromatic N) is 3. The molecule has 1 saturated heterocycles. The van der Waals surface area contributed by atoms with Crippen molar-refractivity contribution in [1.29, 1.82) is 0 Å². The van der Waals surface area contributed by atoms with E-state index < -0.39 is 23.5 Å². The smallest absolute Gasteiger partial charge is 0.248 e. The van der Waals surface area contributed by atoms with Crippen molar-refractivity contribution in [3.8, 4) is 10.4 Å². The fraction of sp³-hybridized carbons (Fsp3) is 0.533. The highest BCUT2D eigenvalue weighted by molar-refractivity contribution is 7.13. The third-order valence-electron chi connectivity index (χ3n) is 7.51. The maximum Gasteiger partial charge on any atom is 0.248 e. The Bertz CT molecular complexity index is 1220. The van der Waals surface area contributed by atoms with Gasteiger partial charge in [0.2, 0.25) is 11.8 Å². The summed E-state index contributed by atoms with van der Waals surface area (Å²) in [5.41, 5.74) is 11.0. The maximum absolute atomic E-state index is 13.9. The number of allylic oxidation sites excluding steroid dienone is 1. The van der Waals surface area contributed by atoms with Gasteiger partial charge in [-0.15, -0.1) is 11.3 Å². The van der Waals surface area contributed by atoms with E-state index in [9.17, 15) is 14.4 Å². The molecule has 0 radical (unpaired) electrons. The largest absolute Gasteiger partial charge is 0.401 e. The second-order valence-electron chi connectivity index (χ2n) is 11.7. The van der Waals surface area contributed by atoms with Crippen molar-refractivity contribution in [3.05, 3.63) is 52.9 Å². The molecule has 1 aromatic heterocycles. The van der Waals surface area contributed by atoms with E-state index >= 15 is 0 Å². The van der Waals surface area contributed by atoms with E-state index in [0.29, 0.717) is 31.0 Å². The fourth-order valence-electron chi connectivity index (χ4n) is 5.26. The minimum Gasteiger partial charge on any atom is -0.401 e. The van der Waals surface area contributed by atoms with Crippen molar-refractivity contribution in [2.75, 3.05) is 13.7 Å². The number of aldehydes is 1. The molecular formula is C30H44N6O4S. The zero-order valence-electron chi connectivity index (χ0n) is 24.7. The predicted molar refractivity (Wildman–Crippen MR) is 161 cm³/mol. The van der Waals surface area contributed by atoms with E-state index in [1.54, 1.807) is 22.4 Å². The van der Waals surface area contributed by atoms with Gasteiger partial charge in [-0.2, -0.15) is 0 Å². The number of aryl methyl sites for hydroxylation is 1. The van der Waals surface area contributed by atoms with Gasteiger partial charge in [0.25, 0.3) is 0 Å². The van der Waals surface area contributed by atoms with Crippen molar-refractivity contribution in [2.24, 2.45) is 22.9 Å². The lowest BCUT2D eigenvalue weighted by Gasteiger charge is -2.39. The molecule has 2 aliphatic rings. The molecule has 2 aromatic rings. The topological polar surface area (TPSA) is 155 Å². The predicted octanol–water partition coefficient (Wildman–Crippen LogP) is 3.26. The number of nitrogens with two attached hydrogens (primary N) is 2. The second kappa shape index (κ2) is 14.1. The van der Waals surface area contributed by atoms with E-state index in [0.717, 1.165) is 47.9 Å². The number of rotatable bonds is 10. The number of aromatic nitrogens is 1. The molecule has 11 heteroatoms. The van der Waals surface area contributed by atoms with Crippen LogP contribution >= 0.6 is 11.3 Å². The van der Waals surface area contributed by atoms with E-state index in [-0.39, 0.29) is 18.2 Å². The summed E-state index contributed by atoms with van der Waals surface area (Å²) in [7, 11) is 1.00. The molecule has 4 rings (SSSR count). The van der Waals surface area contributed by atoms with Gasteiger partial charge in [-0.3, -0.25) is 9.59 Å². The molecular weight excluding hydrogens is 540 g/mol. The maximum atomic E-state index is 13.9. The van der Waals surface area contributed by atoms with Gasteiger partial charge in [0.1, 0.15) is 18.4 Å². The van der Waals surface area contributed by atoms with Gasteiger partial charge in [-0.05, 0) is 49.1 Å². The van der Waals surface area contributed by atoms with E-state index in [2.05, 4.69) is 10.3 Å². The van der Waals surface area contributed by atoms with Crippen LogP contribution in [0.15, 0.2) is 41.7 Å². The minimum atomic E-state index is -0.684. The third kappa shape index (κ3) is 7.93. The number of likely N-dealkylation sites (tertiary alicyclic amines) is 1. The molecule has 41 heavy (non-hydrogen) atoms. The zero-order valence-corrected chi connectivity index (χ0v) is 25.5. The Kier molecular flexibility index (Phi) is 11.1. The van der Waals surface area contributed by atoms with Gasteiger partial charge in [0.05, 0.1) is 22.1 Å². The van der Waals surface area contributed by atoms with Crippen LogP contribution in [0, 0.1) is 18.3 Å². The standard InChI is InChI=1S/C29H40N6O3S.CH4O/c1-18-25(39-17-32-18)21-11-9-20(10-12-21)23(13-15-36)33-27(37)24-6-5-14-34(24)28(38)26(29(2,3)4)35(31)16-22(30)19-7-8-19;1-2/h9-12,15-17,19,23-24,26H,5-8,13-14,30-31H2,1-4H3,(H,33,37);2H,1H3/b22-16-;. The summed E-state index contributed by atoms with van der Waals surface area (Å²) >= 11 is 1.57. The lowest BCUT2D eigenvalue weighted by atomic mass is 9.85. The van der Waals surface area contributed by atoms with Gasteiger partial charge < -0.3 is 30.9 Å². The molecule has 1 aromatic carbocycles. The summed E-state index contributed by atoms with van der Waals surface area (Å²) in [4.78, 5) is 46.0. The number of carbonyl (C=O) groups is 3. The third-order valence-corrected chi connectivity index (χ3v) is 8.48. The van der Waals surface area contributed by atoms with E-state index in [1.807, 2.05) is 57.5 Å². The molecule has 2 heterocycles. The van der Waals surface area contributed by atoms with Crippen LogP contribution < -0.4 is 16.9 Å². The van der Waals surface area contributed by atoms with Crippen molar-refractivity contribution < 1.29 is 19.5 Å². The van der Waals surface area contributed by atoms with Crippen LogP contribution in [-0.4, -0.2) is 63.8 Å². The normalized spacial score (nSPS) is 18.7. The van der Waals surface area contributed by atoms with Crippen LogP contribution in [0.4, 0.5) is 0 Å². The van der Waals surface area contributed by atoms with Crippen LogP contribution in [-0.2, 0) is 14.4 Å². The van der Waals surface area contributed by atoms with Crippen LogP contribution in [0.25, 0.3) is 10.4 Å². The molecule has 10 nitrogen and oxygen atoms in total. The van der Waals surface area contributed by atoms with Crippen molar-refractivity contribution in [3.63, 3.8) is 0 Å². The van der Waals surface area contributed by atoms with E-state index in [1.165, 1.54) is 5.01 Å². The first kappa shape index (κ1) is 32.2. The highest BCUT2D eigenvalue weighted by Crippen LogP contribution is 2.35. The van der Waals surface area contributed by atoms with Crippen molar-refractivity contribution in [1.82, 2.24) is 20.2 Å². The molecule has 3 unspecified atom stereocenters. The Hall–Kier alpha value is -3.28. The molecule has 1 aliphatic carbocycles. The number of amides is 2. The first-order valence-electron chi connectivity index (χ1n) is 14.0. The number of aliphatic hydroxyl groups excluding tert-OH is 1. The molecule has 0 spiro atoms. The second-order valence-corrected chi connectivity index (χ2v) is 12.5. The minimum absolute atomic E-state index is 0.137. The number of carbonyl (C=O) groups excluding carboxylic acids is 3. The molecule has 3 atom stereocenters. The van der Waals surface area contributed by atoms with Crippen LogP contribution in [0.1, 0.15) is 70.2 Å². The number of thiazole rings is 1. The first-order valence-corrected chi connectivity index (χ1v) is 14.9. The van der Waals surface area contributed by atoms with Crippen LogP contribution in [0.3, 0.4) is 0 Å². The molecule has 224 valence electrons. The average molecular weight is 585 g/mol. The fourth-order valence-corrected chi connectivity index (χ4v) is 6.07. The van der Waals surface area contributed by atoms with Crippen LogP contribution in [0.2, 0.25) is 0 Å². The molecule has 6 N–H and O–H groups in total. The average Bonchev–Trinajstić information content (AvgIpc) is 3.51.